The van der Waals surface area contributed by atoms with Gasteiger partial charge in [-0.05, 0) is 49.4 Å². The van der Waals surface area contributed by atoms with Crippen molar-refractivity contribution in [3.8, 4) is 0 Å². The maximum absolute atomic E-state index is 12.9. The van der Waals surface area contributed by atoms with Gasteiger partial charge in [0.15, 0.2) is 0 Å². The van der Waals surface area contributed by atoms with Gasteiger partial charge >= 0.3 is 5.91 Å². The Balaban J connectivity index is 0.00000274. The van der Waals surface area contributed by atoms with Crippen LogP contribution in [0.25, 0.3) is 0 Å². The van der Waals surface area contributed by atoms with Crippen molar-refractivity contribution >= 4 is 41.3 Å². The molecule has 0 aromatic heterocycles. The molecule has 0 bridgehead atoms. The maximum Gasteiger partial charge on any atom is 0.400 e. The van der Waals surface area contributed by atoms with Crippen molar-refractivity contribution in [2.45, 2.75) is 31.7 Å². The number of hydrogen-bond donors (Lipinski definition) is 1. The first-order valence-electron chi connectivity index (χ1n) is 11.8. The largest absolute Gasteiger partial charge is 0.616 e. The number of hydrogen-bond acceptors (Lipinski definition) is 6. The number of allylic oxidation sites excluding steroid dienone is 3. The van der Waals surface area contributed by atoms with E-state index in [0.29, 0.717) is 42.7 Å². The molecule has 1 aromatic rings. The van der Waals surface area contributed by atoms with E-state index >= 15 is 0 Å². The van der Waals surface area contributed by atoms with E-state index in [1.165, 1.54) is 0 Å². The summed E-state index contributed by atoms with van der Waals surface area (Å²) in [6, 6.07) is 7.59. The van der Waals surface area contributed by atoms with E-state index in [4.69, 9.17) is 4.74 Å². The van der Waals surface area contributed by atoms with E-state index in [1.54, 1.807) is 0 Å². The molecule has 8 nitrogen and oxygen atoms in total. The monoisotopic (exact) mass is 486 g/mol. The highest BCUT2D eigenvalue weighted by molar-refractivity contribution is 6.06. The van der Waals surface area contributed by atoms with E-state index in [1.807, 2.05) is 36.4 Å². The summed E-state index contributed by atoms with van der Waals surface area (Å²) in [6.45, 7) is 3.71. The number of nitrogens with zero attached hydrogens (tertiary/aromatic N) is 3. The zero-order valence-electron chi connectivity index (χ0n) is 19.2. The first-order valence-corrected chi connectivity index (χ1v) is 11.8. The molecule has 2 atom stereocenters. The van der Waals surface area contributed by atoms with Gasteiger partial charge in [0, 0.05) is 36.6 Å². The Bertz CT molecular complexity index is 1010. The van der Waals surface area contributed by atoms with Crippen LogP contribution in [0.5, 0.6) is 0 Å². The van der Waals surface area contributed by atoms with Crippen molar-refractivity contribution in [2.24, 2.45) is 5.92 Å². The average Bonchev–Trinajstić information content (AvgIpc) is 2.97. The molecule has 2 unspecified atom stereocenters. The van der Waals surface area contributed by atoms with E-state index in [0.717, 1.165) is 49.3 Å². The normalized spacial score (nSPS) is 25.0. The fourth-order valence-corrected chi connectivity index (χ4v) is 5.31. The molecule has 2 heterocycles. The lowest BCUT2D eigenvalue weighted by molar-refractivity contribution is -0.383. The van der Waals surface area contributed by atoms with Gasteiger partial charge in [0.1, 0.15) is 6.04 Å². The van der Waals surface area contributed by atoms with Crippen molar-refractivity contribution < 1.29 is 19.1 Å². The Hall–Kier alpha value is -2.68. The summed E-state index contributed by atoms with van der Waals surface area (Å²) in [4.78, 5) is 29.2. The van der Waals surface area contributed by atoms with Crippen molar-refractivity contribution in [3.05, 3.63) is 53.3 Å². The molecule has 5 rings (SSSR count). The summed E-state index contributed by atoms with van der Waals surface area (Å²) in [6.07, 6.45) is 9.08. The van der Waals surface area contributed by atoms with Gasteiger partial charge in [0.25, 0.3) is 0 Å². The van der Waals surface area contributed by atoms with Gasteiger partial charge in [-0.3, -0.25) is 9.69 Å². The van der Waals surface area contributed by atoms with Crippen LogP contribution in [0.4, 0.5) is 11.4 Å². The number of rotatable bonds is 4. The Morgan fingerprint density at radius 3 is 2.68 bits per heavy atom. The second-order valence-electron chi connectivity index (χ2n) is 9.08. The molecular formula is C25H31ClN4O4. The summed E-state index contributed by atoms with van der Waals surface area (Å²) in [5.74, 6) is -0.103. The topological polar surface area (TPSA) is 88.0 Å². The second kappa shape index (κ2) is 10.7. The number of fused-ring (bicyclic) bond motifs is 3. The van der Waals surface area contributed by atoms with Crippen LogP contribution in [-0.2, 0) is 14.3 Å². The van der Waals surface area contributed by atoms with Crippen molar-refractivity contribution in [1.29, 1.82) is 0 Å². The van der Waals surface area contributed by atoms with Crippen LogP contribution < -0.4 is 10.2 Å². The Morgan fingerprint density at radius 2 is 1.91 bits per heavy atom. The Labute approximate surface area is 205 Å². The molecule has 182 valence electrons. The minimum atomic E-state index is -0.374. The fraction of sp³-hybridized carbons (Fsp3) is 0.480. The fourth-order valence-electron chi connectivity index (χ4n) is 5.31. The maximum atomic E-state index is 12.9. The molecule has 9 heteroatoms. The molecule has 4 aliphatic rings. The molecule has 0 radical (unpaired) electrons. The summed E-state index contributed by atoms with van der Waals surface area (Å²) < 4.78 is 5.98. The Kier molecular flexibility index (Phi) is 7.70. The molecule has 2 aliphatic carbocycles. The number of amides is 2. The van der Waals surface area contributed by atoms with Gasteiger partial charge in [-0.25, -0.2) is 4.79 Å². The zero-order valence-corrected chi connectivity index (χ0v) is 20.0. The van der Waals surface area contributed by atoms with Crippen molar-refractivity contribution in [1.82, 2.24) is 4.90 Å². The summed E-state index contributed by atoms with van der Waals surface area (Å²) >= 11 is 0. The lowest BCUT2D eigenvalue weighted by Crippen LogP contribution is -2.47. The van der Waals surface area contributed by atoms with Gasteiger partial charge in [0.2, 0.25) is 11.6 Å². The number of anilines is 2. The highest BCUT2D eigenvalue weighted by atomic mass is 35.5. The smallest absolute Gasteiger partial charge is 0.400 e. The van der Waals surface area contributed by atoms with Crippen LogP contribution in [-0.4, -0.2) is 72.6 Å². The van der Waals surface area contributed by atoms with E-state index in [-0.39, 0.29) is 36.7 Å². The van der Waals surface area contributed by atoms with E-state index < -0.39 is 0 Å². The van der Waals surface area contributed by atoms with Gasteiger partial charge < -0.3 is 20.2 Å². The average molecular weight is 487 g/mol. The quantitative estimate of drug-likeness (QED) is 0.520. The third-order valence-corrected chi connectivity index (χ3v) is 7.01. The standard InChI is InChI=1S/C25H30N4O4.ClH/c30-23(17-27-13-15-33-16-14-27)26-19-6-8-20(9-7-19)28-12-11-24(31)29(32)25-21-4-2-1-3-18(21)5-10-22(25)28;/h1-2,4,6-9,18,22H,3,5,10-17H2,(H,26,30);1H. The van der Waals surface area contributed by atoms with Crippen molar-refractivity contribution in [3.63, 3.8) is 0 Å². The third kappa shape index (κ3) is 5.04. The molecule has 1 aromatic carbocycles. The number of carbonyl (C=O) groups is 2. The zero-order chi connectivity index (χ0) is 22.8. The van der Waals surface area contributed by atoms with Crippen LogP contribution in [0.3, 0.4) is 0 Å². The lowest BCUT2D eigenvalue weighted by Gasteiger charge is -2.37. The SMILES string of the molecule is Cl.O=C(CN1CCOCC1)Nc1ccc(N2CCC(=O)[N+]([O-])=C3C4=CC=CCC4CCC32)cc1. The number of halogens is 1. The van der Waals surface area contributed by atoms with Crippen molar-refractivity contribution in [2.75, 3.05) is 49.6 Å². The third-order valence-electron chi connectivity index (χ3n) is 7.01. The van der Waals surface area contributed by atoms with Crippen LogP contribution in [0, 0.1) is 11.1 Å². The number of morpholine rings is 1. The van der Waals surface area contributed by atoms with E-state index in [2.05, 4.69) is 21.2 Å². The van der Waals surface area contributed by atoms with Gasteiger partial charge in [0.05, 0.1) is 26.2 Å². The number of carbonyl (C=O) groups excluding carboxylic acids is 2. The minimum Gasteiger partial charge on any atom is -0.616 e. The van der Waals surface area contributed by atoms with Crippen LogP contribution in [0.1, 0.15) is 25.7 Å². The highest BCUT2D eigenvalue weighted by Crippen LogP contribution is 2.37. The lowest BCUT2D eigenvalue weighted by atomic mass is 9.75. The molecule has 2 fully saturated rings. The number of ether oxygens (including phenoxy) is 1. The molecule has 2 aliphatic heterocycles. The number of hydroxylamine groups is 1. The minimum absolute atomic E-state index is 0. The molecule has 1 saturated carbocycles. The van der Waals surface area contributed by atoms with Gasteiger partial charge in [-0.1, -0.05) is 18.2 Å². The van der Waals surface area contributed by atoms with E-state index in [9.17, 15) is 14.8 Å². The molecule has 34 heavy (non-hydrogen) atoms. The summed E-state index contributed by atoms with van der Waals surface area (Å²) in [5, 5.41) is 15.9. The van der Waals surface area contributed by atoms with Crippen LogP contribution in [0.2, 0.25) is 0 Å². The first-order chi connectivity index (χ1) is 16.1. The summed E-state index contributed by atoms with van der Waals surface area (Å²) in [5.41, 5.74) is 3.32. The molecule has 2 amide bonds. The number of benzene rings is 1. The van der Waals surface area contributed by atoms with Crippen LogP contribution in [0.15, 0.2) is 48.1 Å². The Morgan fingerprint density at radius 1 is 1.15 bits per heavy atom. The second-order valence-corrected chi connectivity index (χ2v) is 9.08. The molecule has 1 saturated heterocycles. The summed E-state index contributed by atoms with van der Waals surface area (Å²) in [7, 11) is 0. The molecule has 1 N–H and O–H groups in total. The predicted octanol–water partition coefficient (Wildman–Crippen LogP) is 2.73. The first kappa shape index (κ1) is 24.4. The molecule has 0 spiro atoms. The van der Waals surface area contributed by atoms with Gasteiger partial charge in [-0.2, -0.15) is 0 Å². The van der Waals surface area contributed by atoms with Crippen LogP contribution >= 0.6 is 12.4 Å². The number of nitrogens with one attached hydrogen (secondary N) is 1. The highest BCUT2D eigenvalue weighted by Gasteiger charge is 2.43. The predicted molar refractivity (Wildman–Crippen MR) is 134 cm³/mol. The molecular weight excluding hydrogens is 456 g/mol. The van der Waals surface area contributed by atoms with Gasteiger partial charge in [-0.15, -0.1) is 17.1 Å².